The summed E-state index contributed by atoms with van der Waals surface area (Å²) in [6.45, 7) is 17.4. The number of benzene rings is 5. The molecular weight excluding hydrogens is 1400 g/mol. The number of alkyl carbamates (subject to hydrolysis) is 1. The third kappa shape index (κ3) is 21.1. The molecule has 0 saturated carbocycles. The number of ketones is 1. The molecule has 3 aliphatic rings. The number of esters is 1. The molecule has 28 heteroatoms. The van der Waals surface area contributed by atoms with Gasteiger partial charge in [-0.05, 0) is 125 Å². The molecule has 8 rings (SSSR count). The van der Waals surface area contributed by atoms with Gasteiger partial charge in [0.2, 0.25) is 29.5 Å². The number of epoxide rings is 1. The Balaban J connectivity index is 0.932. The minimum Gasteiger partial charge on any atom is -0.496 e. The molecule has 2 saturated heterocycles. The van der Waals surface area contributed by atoms with Gasteiger partial charge in [-0.25, -0.2) is 21.6 Å². The lowest BCUT2D eigenvalue weighted by molar-refractivity contribution is -0.157. The van der Waals surface area contributed by atoms with E-state index < -0.39 is 156 Å². The summed E-state index contributed by atoms with van der Waals surface area (Å²) in [5.41, 5.74) is 2.16. The van der Waals surface area contributed by atoms with Crippen LogP contribution in [0.4, 0.5) is 16.2 Å². The number of allylic oxidation sites excluding steroid dienone is 3. The fourth-order valence-electron chi connectivity index (χ4n) is 12.7. The van der Waals surface area contributed by atoms with E-state index in [2.05, 4.69) is 31.9 Å². The first-order valence-electron chi connectivity index (χ1n) is 35.2. The van der Waals surface area contributed by atoms with Crippen molar-refractivity contribution in [1.29, 1.82) is 0 Å². The largest absolute Gasteiger partial charge is 0.496 e. The molecule has 5 aromatic carbocycles. The number of Topliss-reactive ketones (excluding diaryl/α,β-unsaturated/α-hetero) is 1. The highest BCUT2D eigenvalue weighted by atomic mass is 32.2. The van der Waals surface area contributed by atoms with E-state index >= 15 is 0 Å². The first kappa shape index (κ1) is 82.1. The molecule has 26 nitrogen and oxygen atoms in total. The standard InChI is InChI=1S/C78H97N7O19S2/c1-45(2)68(83-65(86)34-33-60(73(91)79-36-37-100-12)82-72(90)55-23-21-54(22-24-55)69(88)56(43-105(96,97)58-29-17-47(5)18-30-58)44-106(98,99)59-31-19-48(6)20-32-59)74(92)80-51(9)71(89)81-57-27-25-53(26-28-57)67-61-39-52(40-62(67)101-13)38-49(7)16-14-15-35-78(95)42-63(102-76(94)84-78)50(8)70-77(10,104-70)64(41-66(87)85(61)11)103-75(93)46(3)4/h14-32,39-40,45-46,50-51,56,60,63-64,68,70,95H,33-38,41-44H2,1-13H3,(H,79,91)(H,80,92)(H,81,89)(H,82,90)(H,83,86)(H,84,94)/b15-14-,49-16-/t50-,51-,60-,63+,64+,68-,70+,77+,78?/m1/s1. The molecule has 5 aromatic rings. The van der Waals surface area contributed by atoms with Gasteiger partial charge in [-0.15, -0.1) is 0 Å². The van der Waals surface area contributed by atoms with Gasteiger partial charge in [-0.2, -0.15) is 0 Å². The third-order valence-corrected chi connectivity index (χ3v) is 22.8. The SMILES string of the molecule is COCCNC(=O)[C@@H](CCC(=O)N[C@@H](C(=O)N[C@H](C)C(=O)Nc1ccc(-c2c(OC)cc3cc2N(C)C(=O)C[C@H](OC(=O)C(C)C)[C@]2(C)O[C@H]2[C@H](C)[C@@H]2CC(O)(C/C=C\C=C(\C)C3)NC(=O)O2)cc1)C(C)C)NC(=O)c1ccc(C(=O)C(CS(=O)(=O)c2ccc(C)cc2)CS(=O)(=O)c2ccc(C)cc2)cc1. The molecule has 106 heavy (non-hydrogen) atoms. The minimum absolute atomic E-state index is 0.0391. The Labute approximate surface area is 619 Å². The highest BCUT2D eigenvalue weighted by Crippen LogP contribution is 2.50. The van der Waals surface area contributed by atoms with E-state index in [9.17, 15) is 65.1 Å². The first-order chi connectivity index (χ1) is 49.9. The molecule has 0 spiro atoms. The average molecular weight is 1500 g/mol. The average Bonchev–Trinajstić information content (AvgIpc) is 1.57. The van der Waals surface area contributed by atoms with Gasteiger partial charge >= 0.3 is 12.1 Å². The van der Waals surface area contributed by atoms with Gasteiger partial charge in [0.05, 0.1) is 65.1 Å². The summed E-state index contributed by atoms with van der Waals surface area (Å²) in [6, 6.07) is 23.7. The van der Waals surface area contributed by atoms with Gasteiger partial charge < -0.3 is 60.3 Å². The van der Waals surface area contributed by atoms with Gasteiger partial charge in [0.15, 0.2) is 25.5 Å². The second-order valence-electron chi connectivity index (χ2n) is 28.4. The van der Waals surface area contributed by atoms with E-state index in [1.54, 1.807) is 116 Å². The van der Waals surface area contributed by atoms with E-state index in [-0.39, 0.29) is 66.2 Å². The molecular formula is C78H97N7O19S2. The Kier molecular flexibility index (Phi) is 27.2. The summed E-state index contributed by atoms with van der Waals surface area (Å²) in [6.07, 6.45) is 1.66. The number of methoxy groups -OCH3 is 2. The molecule has 7 N–H and O–H groups in total. The second kappa shape index (κ2) is 35.2. The molecule has 0 radical (unpaired) electrons. The number of hydrogen-bond donors (Lipinski definition) is 7. The maximum Gasteiger partial charge on any atom is 0.409 e. The summed E-state index contributed by atoms with van der Waals surface area (Å²) < 4.78 is 84.2. The zero-order valence-electron chi connectivity index (χ0n) is 62.0. The van der Waals surface area contributed by atoms with Crippen molar-refractivity contribution in [1.82, 2.24) is 26.6 Å². The first-order valence-corrected chi connectivity index (χ1v) is 38.5. The number of anilines is 2. The summed E-state index contributed by atoms with van der Waals surface area (Å²) in [5.74, 6) is -9.68. The fraction of sp³-hybridized carbons (Fsp3) is 0.449. The topological polar surface area (TPSA) is 367 Å². The van der Waals surface area contributed by atoms with Crippen LogP contribution < -0.4 is 41.5 Å². The lowest BCUT2D eigenvalue weighted by atomic mass is 9.84. The predicted molar refractivity (Wildman–Crippen MR) is 397 cm³/mol. The number of sulfone groups is 2. The van der Waals surface area contributed by atoms with Crippen LogP contribution in [-0.4, -0.2) is 169 Å². The number of aryl methyl sites for hydroxylation is 2. The summed E-state index contributed by atoms with van der Waals surface area (Å²) >= 11 is 0. The van der Waals surface area contributed by atoms with Crippen molar-refractivity contribution in [3.8, 4) is 16.9 Å². The Morgan fingerprint density at radius 3 is 1.94 bits per heavy atom. The van der Waals surface area contributed by atoms with Crippen molar-refractivity contribution < 1.29 is 88.8 Å². The zero-order chi connectivity index (χ0) is 77.8. The predicted octanol–water partition coefficient (Wildman–Crippen LogP) is 8.00. The maximum absolute atomic E-state index is 14.8. The lowest BCUT2D eigenvalue weighted by Gasteiger charge is -2.39. The number of ether oxygens (including phenoxy) is 5. The Morgan fingerprint density at radius 2 is 1.37 bits per heavy atom. The van der Waals surface area contributed by atoms with Crippen LogP contribution in [0, 0.1) is 37.5 Å². The van der Waals surface area contributed by atoms with Gasteiger partial charge in [0, 0.05) is 68.3 Å². The molecule has 9 atom stereocenters. The highest BCUT2D eigenvalue weighted by Gasteiger charge is 2.64. The Morgan fingerprint density at radius 1 is 0.764 bits per heavy atom. The zero-order valence-corrected chi connectivity index (χ0v) is 63.7. The molecule has 2 fully saturated rings. The minimum atomic E-state index is -4.20. The smallest absolute Gasteiger partial charge is 0.409 e. The second-order valence-corrected chi connectivity index (χ2v) is 32.5. The molecule has 4 bridgehead atoms. The van der Waals surface area contributed by atoms with E-state index in [4.69, 9.17) is 23.7 Å². The quantitative estimate of drug-likeness (QED) is 0.0113. The van der Waals surface area contributed by atoms with Crippen LogP contribution in [0.1, 0.15) is 125 Å². The Hall–Kier alpha value is -9.61. The van der Waals surface area contributed by atoms with Crippen LogP contribution in [0.2, 0.25) is 0 Å². The number of rotatable bonds is 27. The van der Waals surface area contributed by atoms with Crippen molar-refractivity contribution in [3.05, 3.63) is 161 Å². The van der Waals surface area contributed by atoms with Crippen LogP contribution in [0.5, 0.6) is 5.75 Å². The number of amides is 7. The Bertz CT molecular complexity index is 4300. The number of aliphatic hydroxyl groups is 1. The molecule has 7 amide bonds. The highest BCUT2D eigenvalue weighted by molar-refractivity contribution is 7.92. The molecule has 0 aromatic heterocycles. The van der Waals surface area contributed by atoms with E-state index in [1.165, 1.54) is 74.6 Å². The number of nitrogens with zero attached hydrogens (tertiary/aromatic N) is 1. The van der Waals surface area contributed by atoms with Gasteiger partial charge in [0.25, 0.3) is 5.91 Å². The third-order valence-electron chi connectivity index (χ3n) is 19.1. The van der Waals surface area contributed by atoms with E-state index in [0.29, 0.717) is 34.7 Å². The fourth-order valence-corrected chi connectivity index (χ4v) is 15.9. The van der Waals surface area contributed by atoms with E-state index in [1.807, 2.05) is 32.1 Å². The maximum atomic E-state index is 14.8. The van der Waals surface area contributed by atoms with Gasteiger partial charge in [0.1, 0.15) is 47.4 Å². The van der Waals surface area contributed by atoms with Gasteiger partial charge in [-0.3, -0.25) is 43.7 Å². The summed E-state index contributed by atoms with van der Waals surface area (Å²) in [4.78, 5) is 126. The molecule has 3 aliphatic heterocycles. The molecule has 3 heterocycles. The molecule has 570 valence electrons. The van der Waals surface area contributed by atoms with Crippen molar-refractivity contribution in [2.24, 2.45) is 23.7 Å². The van der Waals surface area contributed by atoms with Crippen molar-refractivity contribution in [2.45, 2.75) is 165 Å². The summed E-state index contributed by atoms with van der Waals surface area (Å²) in [5, 5.41) is 27.6. The van der Waals surface area contributed by atoms with Crippen molar-refractivity contribution in [2.75, 3.05) is 56.1 Å². The number of nitrogens with one attached hydrogen (secondary N) is 6. The van der Waals surface area contributed by atoms with E-state index in [0.717, 1.165) is 22.3 Å². The van der Waals surface area contributed by atoms with Crippen molar-refractivity contribution in [3.63, 3.8) is 0 Å². The number of hydrogen-bond acceptors (Lipinski definition) is 19. The van der Waals surface area contributed by atoms with Crippen LogP contribution in [0.15, 0.2) is 143 Å². The monoisotopic (exact) mass is 1500 g/mol. The van der Waals surface area contributed by atoms with Gasteiger partial charge in [-0.1, -0.05) is 118 Å². The molecule has 1 unspecified atom stereocenters. The van der Waals surface area contributed by atoms with Crippen LogP contribution in [-0.2, 0) is 73.8 Å². The number of fused-ring (bicyclic) bond motifs is 5. The number of carbonyl (C=O) groups excluding carboxylic acids is 9. The van der Waals surface area contributed by atoms with Crippen LogP contribution >= 0.6 is 0 Å². The number of carbonyl (C=O) groups is 9. The molecule has 0 aliphatic carbocycles. The van der Waals surface area contributed by atoms with Crippen LogP contribution in [0.3, 0.4) is 0 Å². The normalized spacial score (nSPS) is 21.5. The summed E-state index contributed by atoms with van der Waals surface area (Å²) in [7, 11) is -3.87. The van der Waals surface area contributed by atoms with Crippen LogP contribution in [0.25, 0.3) is 11.1 Å². The lowest BCUT2D eigenvalue weighted by Crippen LogP contribution is -2.57. The van der Waals surface area contributed by atoms with Crippen molar-refractivity contribution >= 4 is 84.3 Å².